The molecule has 0 spiro atoms. The summed E-state index contributed by atoms with van der Waals surface area (Å²) in [6, 6.07) is 26.2. The number of carbonyl (C=O) groups excluding carboxylic acids is 1. The van der Waals surface area contributed by atoms with Gasteiger partial charge in [0.15, 0.2) is 0 Å². The summed E-state index contributed by atoms with van der Waals surface area (Å²) >= 11 is 8.27. The highest BCUT2D eigenvalue weighted by Gasteiger charge is 2.24. The van der Waals surface area contributed by atoms with Crippen molar-refractivity contribution in [2.45, 2.75) is 11.7 Å². The largest absolute Gasteiger partial charge is 0.338 e. The molecular weight excluding hydrogens is 386 g/mol. The molecule has 1 aliphatic rings. The number of thioether (sulfide) groups is 1. The van der Waals surface area contributed by atoms with Gasteiger partial charge in [0.2, 0.25) is 0 Å². The zero-order chi connectivity index (χ0) is 19.3. The maximum atomic E-state index is 13.0. The molecule has 0 radical (unpaired) electrons. The van der Waals surface area contributed by atoms with Gasteiger partial charge in [-0.2, -0.15) is 11.8 Å². The first kappa shape index (κ1) is 19.1. The molecule has 1 unspecified atom stereocenters. The second-order valence-corrected chi connectivity index (χ2v) is 8.62. The molecule has 28 heavy (non-hydrogen) atoms. The maximum absolute atomic E-state index is 13.0. The van der Waals surface area contributed by atoms with Crippen LogP contribution >= 0.6 is 23.4 Å². The standard InChI is InChI=1S/C24H22ClNOS/c25-22-9-5-4-8-21(22)23-14-15-26(16-17-28-23)24(27)20-12-10-19(11-13-20)18-6-2-1-3-7-18/h1-13,23H,14-17H2. The van der Waals surface area contributed by atoms with E-state index >= 15 is 0 Å². The van der Waals surface area contributed by atoms with Crippen LogP contribution in [0.1, 0.15) is 27.6 Å². The number of nitrogens with zero attached hydrogens (tertiary/aromatic N) is 1. The molecule has 1 aliphatic heterocycles. The lowest BCUT2D eigenvalue weighted by Crippen LogP contribution is -2.32. The van der Waals surface area contributed by atoms with Crippen molar-refractivity contribution in [3.63, 3.8) is 0 Å². The summed E-state index contributed by atoms with van der Waals surface area (Å²) in [5.74, 6) is 1.03. The van der Waals surface area contributed by atoms with Crippen molar-refractivity contribution in [3.8, 4) is 11.1 Å². The van der Waals surface area contributed by atoms with Gasteiger partial charge in [-0.25, -0.2) is 0 Å². The predicted octanol–water partition coefficient (Wildman–Crippen LogP) is 6.33. The van der Waals surface area contributed by atoms with Gasteiger partial charge in [-0.1, -0.05) is 72.3 Å². The Balaban J connectivity index is 1.44. The molecule has 4 rings (SSSR count). The van der Waals surface area contributed by atoms with Crippen LogP contribution < -0.4 is 0 Å². The van der Waals surface area contributed by atoms with Gasteiger partial charge in [0, 0.05) is 34.7 Å². The molecule has 1 saturated heterocycles. The molecule has 142 valence electrons. The number of amides is 1. The first-order valence-corrected chi connectivity index (χ1v) is 11.0. The molecule has 0 N–H and O–H groups in total. The number of halogens is 1. The topological polar surface area (TPSA) is 20.3 Å². The third-order valence-electron chi connectivity index (χ3n) is 5.12. The minimum absolute atomic E-state index is 0.111. The number of benzene rings is 3. The minimum Gasteiger partial charge on any atom is -0.338 e. The van der Waals surface area contributed by atoms with E-state index in [1.54, 1.807) is 0 Å². The number of rotatable bonds is 3. The fourth-order valence-corrected chi connectivity index (χ4v) is 5.18. The van der Waals surface area contributed by atoms with E-state index in [0.717, 1.165) is 47.0 Å². The van der Waals surface area contributed by atoms with Crippen molar-refractivity contribution >= 4 is 29.3 Å². The van der Waals surface area contributed by atoms with E-state index < -0.39 is 0 Å². The molecule has 0 bridgehead atoms. The normalized spacial score (nSPS) is 17.2. The van der Waals surface area contributed by atoms with Gasteiger partial charge in [-0.3, -0.25) is 4.79 Å². The summed E-state index contributed by atoms with van der Waals surface area (Å²) < 4.78 is 0. The van der Waals surface area contributed by atoms with Crippen LogP contribution in [0.25, 0.3) is 11.1 Å². The van der Waals surface area contributed by atoms with Gasteiger partial charge >= 0.3 is 0 Å². The van der Waals surface area contributed by atoms with Crippen molar-refractivity contribution < 1.29 is 4.79 Å². The summed E-state index contributed by atoms with van der Waals surface area (Å²) in [7, 11) is 0. The fraction of sp³-hybridized carbons (Fsp3) is 0.208. The van der Waals surface area contributed by atoms with E-state index in [1.807, 2.05) is 77.3 Å². The van der Waals surface area contributed by atoms with Crippen LogP contribution in [-0.2, 0) is 0 Å². The van der Waals surface area contributed by atoms with Crippen molar-refractivity contribution in [1.29, 1.82) is 0 Å². The van der Waals surface area contributed by atoms with Crippen molar-refractivity contribution in [3.05, 3.63) is 95.0 Å². The number of hydrogen-bond acceptors (Lipinski definition) is 2. The molecule has 1 amide bonds. The van der Waals surface area contributed by atoms with Crippen molar-refractivity contribution in [2.75, 3.05) is 18.8 Å². The van der Waals surface area contributed by atoms with Crippen LogP contribution in [0.5, 0.6) is 0 Å². The Kier molecular flexibility index (Phi) is 6.04. The van der Waals surface area contributed by atoms with Gasteiger partial charge in [-0.15, -0.1) is 0 Å². The highest BCUT2D eigenvalue weighted by Crippen LogP contribution is 2.38. The molecule has 1 fully saturated rings. The summed E-state index contributed by atoms with van der Waals surface area (Å²) in [5, 5.41) is 1.16. The monoisotopic (exact) mass is 407 g/mol. The highest BCUT2D eigenvalue weighted by atomic mass is 35.5. The Hall–Kier alpha value is -2.23. The van der Waals surface area contributed by atoms with Crippen LogP contribution in [0.4, 0.5) is 0 Å². The quantitative estimate of drug-likeness (QED) is 0.505. The summed E-state index contributed by atoms with van der Waals surface area (Å²) in [6.07, 6.45) is 0.919. The van der Waals surface area contributed by atoms with Crippen LogP contribution in [0.2, 0.25) is 5.02 Å². The van der Waals surface area contributed by atoms with Gasteiger partial charge in [0.1, 0.15) is 0 Å². The SMILES string of the molecule is O=C(c1ccc(-c2ccccc2)cc1)N1CCSC(c2ccccc2Cl)CC1. The smallest absolute Gasteiger partial charge is 0.253 e. The summed E-state index contributed by atoms with van der Waals surface area (Å²) in [4.78, 5) is 15.0. The molecule has 0 aromatic heterocycles. The fourth-order valence-electron chi connectivity index (χ4n) is 3.58. The minimum atomic E-state index is 0.111. The number of hydrogen-bond donors (Lipinski definition) is 0. The van der Waals surface area contributed by atoms with E-state index in [-0.39, 0.29) is 5.91 Å². The van der Waals surface area contributed by atoms with Gasteiger partial charge in [-0.05, 0) is 41.3 Å². The lowest BCUT2D eigenvalue weighted by molar-refractivity contribution is 0.0766. The first-order chi connectivity index (χ1) is 13.7. The third kappa shape index (κ3) is 4.26. The van der Waals surface area contributed by atoms with E-state index in [9.17, 15) is 4.79 Å². The van der Waals surface area contributed by atoms with Crippen LogP contribution in [-0.4, -0.2) is 29.6 Å². The molecular formula is C24H22ClNOS. The Morgan fingerprint density at radius 2 is 1.54 bits per heavy atom. The molecule has 1 atom stereocenters. The summed E-state index contributed by atoms with van der Waals surface area (Å²) in [5.41, 5.74) is 4.22. The van der Waals surface area contributed by atoms with Crippen LogP contribution in [0.3, 0.4) is 0 Å². The maximum Gasteiger partial charge on any atom is 0.253 e. The zero-order valence-corrected chi connectivity index (χ0v) is 17.1. The second-order valence-electron chi connectivity index (χ2n) is 6.91. The first-order valence-electron chi connectivity index (χ1n) is 9.53. The van der Waals surface area contributed by atoms with Crippen LogP contribution in [0, 0.1) is 0 Å². The Morgan fingerprint density at radius 1 is 0.857 bits per heavy atom. The van der Waals surface area contributed by atoms with E-state index in [4.69, 9.17) is 11.6 Å². The highest BCUT2D eigenvalue weighted by molar-refractivity contribution is 7.99. The zero-order valence-electron chi connectivity index (χ0n) is 15.6. The Morgan fingerprint density at radius 3 is 2.29 bits per heavy atom. The molecule has 3 aromatic carbocycles. The Labute approximate surface area is 175 Å². The molecule has 3 aromatic rings. The number of carbonyl (C=O) groups is 1. The van der Waals surface area contributed by atoms with Crippen molar-refractivity contribution in [2.24, 2.45) is 0 Å². The van der Waals surface area contributed by atoms with Gasteiger partial charge in [0.05, 0.1) is 0 Å². The Bertz CT molecular complexity index is 942. The van der Waals surface area contributed by atoms with E-state index in [1.165, 1.54) is 5.56 Å². The second kappa shape index (κ2) is 8.85. The predicted molar refractivity (Wildman–Crippen MR) is 119 cm³/mol. The lowest BCUT2D eigenvalue weighted by atomic mass is 10.0. The molecule has 1 heterocycles. The molecule has 0 aliphatic carbocycles. The van der Waals surface area contributed by atoms with E-state index in [0.29, 0.717) is 5.25 Å². The molecule has 0 saturated carbocycles. The van der Waals surface area contributed by atoms with Gasteiger partial charge in [0.25, 0.3) is 5.91 Å². The summed E-state index contributed by atoms with van der Waals surface area (Å²) in [6.45, 7) is 1.52. The molecule has 4 heteroatoms. The van der Waals surface area contributed by atoms with Gasteiger partial charge < -0.3 is 4.90 Å². The van der Waals surface area contributed by atoms with E-state index in [2.05, 4.69) is 18.2 Å². The third-order valence-corrected chi connectivity index (χ3v) is 6.77. The van der Waals surface area contributed by atoms with Crippen molar-refractivity contribution in [1.82, 2.24) is 4.90 Å². The lowest BCUT2D eigenvalue weighted by Gasteiger charge is -2.21. The van der Waals surface area contributed by atoms with Crippen LogP contribution in [0.15, 0.2) is 78.9 Å². The average Bonchev–Trinajstić information content (AvgIpc) is 3.00. The molecule has 2 nitrogen and oxygen atoms in total. The average molecular weight is 408 g/mol.